The molecule has 0 aromatic heterocycles. The van der Waals surface area contributed by atoms with Crippen LogP contribution in [-0.4, -0.2) is 19.2 Å². The van der Waals surface area contributed by atoms with Crippen LogP contribution in [-0.2, 0) is 0 Å². The van der Waals surface area contributed by atoms with Crippen molar-refractivity contribution in [2.24, 2.45) is 5.73 Å². The molecule has 1 rings (SSSR count). The molecule has 1 aromatic rings. The first-order valence-electron chi connectivity index (χ1n) is 7.04. The number of nitrogens with one attached hydrogen (secondary N) is 1. The standard InChI is InChI=1S/C16H28N2O/c1-12(2)14-11-13(7-8-15(14)19-5)18-10-6-9-16(3,4)17/h7-8,11-12,18H,6,9-10,17H2,1-5H3. The second-order valence-electron chi connectivity index (χ2n) is 6.13. The van der Waals surface area contributed by atoms with E-state index in [1.165, 1.54) is 5.56 Å². The minimum Gasteiger partial charge on any atom is -0.496 e. The molecule has 0 heterocycles. The predicted octanol–water partition coefficient (Wildman–Crippen LogP) is 3.75. The molecule has 0 bridgehead atoms. The SMILES string of the molecule is COc1ccc(NCCCC(C)(C)N)cc1C(C)C. The molecule has 0 radical (unpaired) electrons. The van der Waals surface area contributed by atoms with Crippen molar-refractivity contribution in [3.63, 3.8) is 0 Å². The van der Waals surface area contributed by atoms with Gasteiger partial charge in [0.2, 0.25) is 0 Å². The highest BCUT2D eigenvalue weighted by atomic mass is 16.5. The zero-order valence-corrected chi connectivity index (χ0v) is 12.9. The average Bonchev–Trinajstić information content (AvgIpc) is 2.33. The van der Waals surface area contributed by atoms with E-state index in [1.807, 2.05) is 6.07 Å². The molecule has 0 aliphatic rings. The van der Waals surface area contributed by atoms with Crippen molar-refractivity contribution in [3.8, 4) is 5.75 Å². The lowest BCUT2D eigenvalue weighted by Gasteiger charge is -2.19. The maximum Gasteiger partial charge on any atom is 0.122 e. The Bertz CT molecular complexity index is 394. The van der Waals surface area contributed by atoms with Crippen LogP contribution in [0.2, 0.25) is 0 Å². The Balaban J connectivity index is 2.57. The third-order valence-corrected chi connectivity index (χ3v) is 3.18. The topological polar surface area (TPSA) is 47.3 Å². The van der Waals surface area contributed by atoms with E-state index in [-0.39, 0.29) is 5.54 Å². The summed E-state index contributed by atoms with van der Waals surface area (Å²) in [4.78, 5) is 0. The third kappa shape index (κ3) is 5.52. The van der Waals surface area contributed by atoms with Crippen LogP contribution in [0, 0.1) is 0 Å². The summed E-state index contributed by atoms with van der Waals surface area (Å²) in [5.41, 5.74) is 8.29. The summed E-state index contributed by atoms with van der Waals surface area (Å²) in [5, 5.41) is 3.45. The Labute approximate surface area is 117 Å². The first kappa shape index (κ1) is 15.8. The number of hydrogen-bond acceptors (Lipinski definition) is 3. The highest BCUT2D eigenvalue weighted by Gasteiger charge is 2.10. The number of rotatable bonds is 7. The van der Waals surface area contributed by atoms with Gasteiger partial charge >= 0.3 is 0 Å². The van der Waals surface area contributed by atoms with Crippen molar-refractivity contribution in [2.45, 2.75) is 52.0 Å². The summed E-state index contributed by atoms with van der Waals surface area (Å²) in [7, 11) is 1.72. The van der Waals surface area contributed by atoms with Crippen molar-refractivity contribution < 1.29 is 4.74 Å². The van der Waals surface area contributed by atoms with Gasteiger partial charge in [-0.05, 0) is 56.4 Å². The van der Waals surface area contributed by atoms with E-state index in [0.29, 0.717) is 5.92 Å². The second kappa shape index (κ2) is 6.80. The van der Waals surface area contributed by atoms with Gasteiger partial charge in [0, 0.05) is 17.8 Å². The lowest BCUT2D eigenvalue weighted by molar-refractivity contribution is 0.407. The van der Waals surface area contributed by atoms with Crippen LogP contribution >= 0.6 is 0 Å². The van der Waals surface area contributed by atoms with Gasteiger partial charge in [-0.15, -0.1) is 0 Å². The summed E-state index contributed by atoms with van der Waals surface area (Å²) in [5.74, 6) is 1.42. The number of methoxy groups -OCH3 is 1. The molecule has 0 atom stereocenters. The maximum atomic E-state index is 5.97. The van der Waals surface area contributed by atoms with Gasteiger partial charge < -0.3 is 15.8 Å². The first-order chi connectivity index (χ1) is 8.83. The van der Waals surface area contributed by atoms with Gasteiger partial charge in [-0.1, -0.05) is 13.8 Å². The summed E-state index contributed by atoms with van der Waals surface area (Å²) < 4.78 is 5.39. The number of benzene rings is 1. The molecule has 3 heteroatoms. The molecular weight excluding hydrogens is 236 g/mol. The number of ether oxygens (including phenoxy) is 1. The summed E-state index contributed by atoms with van der Waals surface area (Å²) >= 11 is 0. The maximum absolute atomic E-state index is 5.97. The van der Waals surface area contributed by atoms with Crippen LogP contribution in [0.25, 0.3) is 0 Å². The lowest BCUT2D eigenvalue weighted by Crippen LogP contribution is -2.32. The van der Waals surface area contributed by atoms with Crippen molar-refractivity contribution in [1.82, 2.24) is 0 Å². The van der Waals surface area contributed by atoms with E-state index in [0.717, 1.165) is 30.8 Å². The van der Waals surface area contributed by atoms with Crippen molar-refractivity contribution in [1.29, 1.82) is 0 Å². The lowest BCUT2D eigenvalue weighted by atomic mass is 10.00. The van der Waals surface area contributed by atoms with Crippen molar-refractivity contribution in [3.05, 3.63) is 23.8 Å². The number of nitrogens with two attached hydrogens (primary N) is 1. The molecule has 19 heavy (non-hydrogen) atoms. The average molecular weight is 264 g/mol. The van der Waals surface area contributed by atoms with Gasteiger partial charge in [0.05, 0.1) is 7.11 Å². The molecule has 0 aliphatic heterocycles. The normalized spacial score (nSPS) is 11.7. The van der Waals surface area contributed by atoms with Crippen LogP contribution in [0.1, 0.15) is 52.0 Å². The predicted molar refractivity (Wildman–Crippen MR) is 83.1 cm³/mol. The van der Waals surface area contributed by atoms with E-state index in [4.69, 9.17) is 10.5 Å². The molecule has 3 N–H and O–H groups in total. The van der Waals surface area contributed by atoms with Crippen LogP contribution in [0.15, 0.2) is 18.2 Å². The van der Waals surface area contributed by atoms with E-state index in [9.17, 15) is 0 Å². The Hall–Kier alpha value is -1.22. The zero-order chi connectivity index (χ0) is 14.5. The minimum absolute atomic E-state index is 0.0787. The third-order valence-electron chi connectivity index (χ3n) is 3.18. The van der Waals surface area contributed by atoms with Crippen LogP contribution in [0.3, 0.4) is 0 Å². The van der Waals surface area contributed by atoms with Crippen LogP contribution in [0.5, 0.6) is 5.75 Å². The van der Waals surface area contributed by atoms with E-state index in [1.54, 1.807) is 7.11 Å². The fraction of sp³-hybridized carbons (Fsp3) is 0.625. The molecule has 0 unspecified atom stereocenters. The molecule has 0 saturated carbocycles. The fourth-order valence-corrected chi connectivity index (χ4v) is 2.07. The molecule has 0 saturated heterocycles. The van der Waals surface area contributed by atoms with Crippen LogP contribution < -0.4 is 15.8 Å². The smallest absolute Gasteiger partial charge is 0.122 e. The molecule has 0 aliphatic carbocycles. The Morgan fingerprint density at radius 1 is 1.32 bits per heavy atom. The van der Waals surface area contributed by atoms with Gasteiger partial charge in [0.15, 0.2) is 0 Å². The zero-order valence-electron chi connectivity index (χ0n) is 12.9. The van der Waals surface area contributed by atoms with Gasteiger partial charge in [-0.3, -0.25) is 0 Å². The Morgan fingerprint density at radius 3 is 2.53 bits per heavy atom. The van der Waals surface area contributed by atoms with Gasteiger partial charge in [0.25, 0.3) is 0 Å². The Morgan fingerprint density at radius 2 is 2.00 bits per heavy atom. The number of anilines is 1. The highest BCUT2D eigenvalue weighted by molar-refractivity contribution is 5.52. The molecule has 108 valence electrons. The van der Waals surface area contributed by atoms with Crippen molar-refractivity contribution in [2.75, 3.05) is 19.0 Å². The molecule has 3 nitrogen and oxygen atoms in total. The molecule has 0 amide bonds. The molecule has 1 aromatic carbocycles. The number of hydrogen-bond donors (Lipinski definition) is 2. The summed E-state index contributed by atoms with van der Waals surface area (Å²) in [6.07, 6.45) is 2.10. The summed E-state index contributed by atoms with van der Waals surface area (Å²) in [6, 6.07) is 6.28. The second-order valence-corrected chi connectivity index (χ2v) is 6.13. The van der Waals surface area contributed by atoms with E-state index in [2.05, 4.69) is 45.1 Å². The molecule has 0 spiro atoms. The van der Waals surface area contributed by atoms with Crippen molar-refractivity contribution >= 4 is 5.69 Å². The molecule has 0 fully saturated rings. The minimum atomic E-state index is -0.0787. The highest BCUT2D eigenvalue weighted by Crippen LogP contribution is 2.29. The first-order valence-corrected chi connectivity index (χ1v) is 7.04. The summed E-state index contributed by atoms with van der Waals surface area (Å²) in [6.45, 7) is 9.44. The van der Waals surface area contributed by atoms with Gasteiger partial charge in [-0.25, -0.2) is 0 Å². The quantitative estimate of drug-likeness (QED) is 0.737. The van der Waals surface area contributed by atoms with E-state index >= 15 is 0 Å². The van der Waals surface area contributed by atoms with E-state index < -0.39 is 0 Å². The fourth-order valence-electron chi connectivity index (χ4n) is 2.07. The molecular formula is C16H28N2O. The van der Waals surface area contributed by atoms with Gasteiger partial charge in [0.1, 0.15) is 5.75 Å². The monoisotopic (exact) mass is 264 g/mol. The Kier molecular flexibility index (Phi) is 5.67. The van der Waals surface area contributed by atoms with Crippen LogP contribution in [0.4, 0.5) is 5.69 Å². The van der Waals surface area contributed by atoms with Gasteiger partial charge in [-0.2, -0.15) is 0 Å². The largest absolute Gasteiger partial charge is 0.496 e.